The lowest BCUT2D eigenvalue weighted by atomic mass is 10.0. The van der Waals surface area contributed by atoms with Crippen molar-refractivity contribution in [2.24, 2.45) is 5.92 Å². The first-order valence-corrected chi connectivity index (χ1v) is 9.33. The number of rotatable bonds is 4. The van der Waals surface area contributed by atoms with E-state index in [1.54, 1.807) is 28.9 Å². The van der Waals surface area contributed by atoms with Gasteiger partial charge in [-0.1, -0.05) is 6.07 Å². The van der Waals surface area contributed by atoms with Gasteiger partial charge in [-0.2, -0.15) is 5.10 Å². The number of hydrogen-bond donors (Lipinski definition) is 0. The number of carbonyl (C=O) groups excluding carboxylic acids is 2. The molecule has 0 bridgehead atoms. The third kappa shape index (κ3) is 3.22. The molecule has 1 saturated carbocycles. The fraction of sp³-hybridized carbons (Fsp3) is 0.450. The van der Waals surface area contributed by atoms with Gasteiger partial charge in [0.05, 0.1) is 30.2 Å². The van der Waals surface area contributed by atoms with Crippen LogP contribution in [-0.4, -0.2) is 40.9 Å². The highest BCUT2D eigenvalue weighted by Gasteiger charge is 2.39. The average molecular weight is 370 g/mol. The minimum Gasteiger partial charge on any atom is -0.308 e. The van der Waals surface area contributed by atoms with E-state index in [1.807, 2.05) is 30.0 Å². The molecule has 0 spiro atoms. The van der Waals surface area contributed by atoms with Crippen LogP contribution in [0.1, 0.15) is 26.7 Å². The van der Waals surface area contributed by atoms with Gasteiger partial charge in [-0.3, -0.25) is 14.3 Å². The van der Waals surface area contributed by atoms with Gasteiger partial charge in [-0.25, -0.2) is 4.39 Å². The first-order valence-electron chi connectivity index (χ1n) is 9.33. The molecule has 4 rings (SSSR count). The molecule has 0 unspecified atom stereocenters. The van der Waals surface area contributed by atoms with Gasteiger partial charge in [0.25, 0.3) is 0 Å². The fourth-order valence-corrected chi connectivity index (χ4v) is 3.77. The Bertz CT molecular complexity index is 890. The largest absolute Gasteiger partial charge is 0.308 e. The lowest BCUT2D eigenvalue weighted by Gasteiger charge is -2.41. The normalized spacial score (nSPS) is 19.1. The van der Waals surface area contributed by atoms with E-state index in [1.165, 1.54) is 0 Å². The number of halogens is 1. The number of anilines is 2. The van der Waals surface area contributed by atoms with Crippen molar-refractivity contribution in [3.8, 4) is 11.1 Å². The van der Waals surface area contributed by atoms with Crippen molar-refractivity contribution in [3.63, 3.8) is 0 Å². The van der Waals surface area contributed by atoms with Crippen molar-refractivity contribution in [2.45, 2.75) is 39.3 Å². The smallest absolute Gasteiger partial charge is 0.230 e. The van der Waals surface area contributed by atoms with Crippen LogP contribution in [0.25, 0.3) is 11.1 Å². The SMILES string of the molecule is CC(=O)N1c2ccc(-c3cnn(CCF)c3)cc2N(C(=O)C2CC2)C[C@@H]1C. The van der Waals surface area contributed by atoms with Gasteiger partial charge in [0, 0.05) is 31.1 Å². The number of aryl methyl sites for hydroxylation is 1. The number of hydrogen-bond acceptors (Lipinski definition) is 3. The molecule has 27 heavy (non-hydrogen) atoms. The summed E-state index contributed by atoms with van der Waals surface area (Å²) in [5, 5.41) is 4.17. The third-order valence-corrected chi connectivity index (χ3v) is 5.23. The maximum atomic E-state index is 12.8. The molecule has 6 nitrogen and oxygen atoms in total. The van der Waals surface area contributed by atoms with Crippen LogP contribution in [0.4, 0.5) is 15.8 Å². The molecule has 0 radical (unpaired) electrons. The van der Waals surface area contributed by atoms with E-state index < -0.39 is 6.67 Å². The van der Waals surface area contributed by atoms with E-state index in [0.29, 0.717) is 6.54 Å². The number of alkyl halides is 1. The molecule has 1 aliphatic heterocycles. The standard InChI is InChI=1S/C20H23FN4O2/c1-13-11-24(20(27)15-3-4-15)19-9-16(5-6-18(19)25(13)14(2)26)17-10-22-23(12-17)8-7-21/h5-6,9-10,12-13,15H,3-4,7-8,11H2,1-2H3/t13-/m0/s1. The van der Waals surface area contributed by atoms with Crippen molar-refractivity contribution >= 4 is 23.2 Å². The zero-order valence-corrected chi connectivity index (χ0v) is 15.6. The number of aromatic nitrogens is 2. The maximum absolute atomic E-state index is 12.8. The van der Waals surface area contributed by atoms with Gasteiger partial charge in [0.15, 0.2) is 0 Å². The number of nitrogens with zero attached hydrogens (tertiary/aromatic N) is 4. The number of fused-ring (bicyclic) bond motifs is 1. The number of amides is 2. The van der Waals surface area contributed by atoms with Crippen LogP contribution in [0.3, 0.4) is 0 Å². The monoisotopic (exact) mass is 370 g/mol. The quantitative estimate of drug-likeness (QED) is 0.831. The Morgan fingerprint density at radius 2 is 2.00 bits per heavy atom. The Morgan fingerprint density at radius 3 is 2.67 bits per heavy atom. The summed E-state index contributed by atoms with van der Waals surface area (Å²) in [6.07, 6.45) is 5.36. The Labute approximate surface area is 157 Å². The summed E-state index contributed by atoms with van der Waals surface area (Å²) in [4.78, 5) is 28.6. The second-order valence-corrected chi connectivity index (χ2v) is 7.35. The molecule has 1 atom stereocenters. The second-order valence-electron chi connectivity index (χ2n) is 7.35. The van der Waals surface area contributed by atoms with Gasteiger partial charge < -0.3 is 9.80 Å². The Hall–Kier alpha value is -2.70. The molecule has 1 aromatic carbocycles. The van der Waals surface area contributed by atoms with E-state index in [9.17, 15) is 14.0 Å². The highest BCUT2D eigenvalue weighted by atomic mass is 19.1. The van der Waals surface area contributed by atoms with Crippen LogP contribution < -0.4 is 9.80 Å². The summed E-state index contributed by atoms with van der Waals surface area (Å²) >= 11 is 0. The lowest BCUT2D eigenvalue weighted by molar-refractivity contribution is -0.120. The zero-order chi connectivity index (χ0) is 19.1. The predicted molar refractivity (Wildman–Crippen MR) is 101 cm³/mol. The molecule has 2 aromatic rings. The topological polar surface area (TPSA) is 58.4 Å². The number of benzene rings is 1. The summed E-state index contributed by atoms with van der Waals surface area (Å²) in [6, 6.07) is 5.68. The second kappa shape index (κ2) is 6.79. The Morgan fingerprint density at radius 1 is 1.22 bits per heavy atom. The van der Waals surface area contributed by atoms with Gasteiger partial charge in [0.1, 0.15) is 6.67 Å². The first-order chi connectivity index (χ1) is 13.0. The van der Waals surface area contributed by atoms with Crippen LogP contribution in [-0.2, 0) is 16.1 Å². The van der Waals surface area contributed by atoms with Gasteiger partial charge >= 0.3 is 0 Å². The van der Waals surface area contributed by atoms with E-state index >= 15 is 0 Å². The van der Waals surface area contributed by atoms with Crippen LogP contribution in [0.2, 0.25) is 0 Å². The molecule has 142 valence electrons. The highest BCUT2D eigenvalue weighted by Crippen LogP contribution is 2.41. The molecule has 1 aliphatic carbocycles. The summed E-state index contributed by atoms with van der Waals surface area (Å²) in [5.74, 6) is 0.201. The van der Waals surface area contributed by atoms with Crippen LogP contribution in [0.5, 0.6) is 0 Å². The van der Waals surface area contributed by atoms with Gasteiger partial charge in [-0.15, -0.1) is 0 Å². The minimum atomic E-state index is -0.472. The Balaban J connectivity index is 1.77. The molecular formula is C20H23FN4O2. The van der Waals surface area contributed by atoms with E-state index in [2.05, 4.69) is 5.10 Å². The molecule has 0 N–H and O–H groups in total. The van der Waals surface area contributed by atoms with E-state index in [4.69, 9.17) is 0 Å². The molecule has 7 heteroatoms. The summed E-state index contributed by atoms with van der Waals surface area (Å²) in [6.45, 7) is 3.75. The predicted octanol–water partition coefficient (Wildman–Crippen LogP) is 3.02. The van der Waals surface area contributed by atoms with Crippen LogP contribution >= 0.6 is 0 Å². The van der Waals surface area contributed by atoms with Crippen molar-refractivity contribution in [3.05, 3.63) is 30.6 Å². The fourth-order valence-electron chi connectivity index (χ4n) is 3.77. The minimum absolute atomic E-state index is 0.0363. The lowest BCUT2D eigenvalue weighted by Crippen LogP contribution is -2.51. The Kier molecular flexibility index (Phi) is 4.45. The highest BCUT2D eigenvalue weighted by molar-refractivity contribution is 6.06. The molecule has 1 fully saturated rings. The first kappa shape index (κ1) is 17.7. The number of carbonyl (C=O) groups is 2. The molecule has 1 aromatic heterocycles. The summed E-state index contributed by atoms with van der Waals surface area (Å²) in [5.41, 5.74) is 3.27. The summed E-state index contributed by atoms with van der Waals surface area (Å²) in [7, 11) is 0. The van der Waals surface area contributed by atoms with Crippen molar-refractivity contribution < 1.29 is 14.0 Å². The molecular weight excluding hydrogens is 347 g/mol. The van der Waals surface area contributed by atoms with Crippen LogP contribution in [0.15, 0.2) is 30.6 Å². The zero-order valence-electron chi connectivity index (χ0n) is 15.6. The van der Waals surface area contributed by atoms with Crippen molar-refractivity contribution in [2.75, 3.05) is 23.0 Å². The van der Waals surface area contributed by atoms with E-state index in [-0.39, 0.29) is 30.3 Å². The van der Waals surface area contributed by atoms with Crippen molar-refractivity contribution in [1.82, 2.24) is 9.78 Å². The summed E-state index contributed by atoms with van der Waals surface area (Å²) < 4.78 is 14.1. The maximum Gasteiger partial charge on any atom is 0.230 e. The molecule has 2 amide bonds. The molecule has 2 heterocycles. The third-order valence-electron chi connectivity index (χ3n) is 5.23. The van der Waals surface area contributed by atoms with Crippen LogP contribution in [0, 0.1) is 5.92 Å². The van der Waals surface area contributed by atoms with Crippen molar-refractivity contribution in [1.29, 1.82) is 0 Å². The van der Waals surface area contributed by atoms with Gasteiger partial charge in [0.2, 0.25) is 11.8 Å². The molecule has 0 saturated heterocycles. The molecule has 2 aliphatic rings. The van der Waals surface area contributed by atoms with Gasteiger partial charge in [-0.05, 0) is 37.5 Å². The van der Waals surface area contributed by atoms with E-state index in [0.717, 1.165) is 35.3 Å². The average Bonchev–Trinajstić information content (AvgIpc) is 3.39.